The van der Waals surface area contributed by atoms with Crippen LogP contribution in [0.4, 0.5) is 18.0 Å². The van der Waals surface area contributed by atoms with Crippen molar-refractivity contribution in [3.05, 3.63) is 65.0 Å². The number of rotatable bonds is 3. The molecule has 0 unspecified atom stereocenters. The van der Waals surface area contributed by atoms with Crippen molar-refractivity contribution in [2.24, 2.45) is 11.0 Å². The average Bonchev–Trinajstić information content (AvgIpc) is 3.12. The summed E-state index contributed by atoms with van der Waals surface area (Å²) in [6.07, 6.45) is 1.45. The van der Waals surface area contributed by atoms with Gasteiger partial charge in [0, 0.05) is 31.1 Å². The summed E-state index contributed by atoms with van der Waals surface area (Å²) in [6.45, 7) is 2.28. The number of nitrogens with zero attached hydrogens (tertiary/aromatic N) is 3. The first-order valence-corrected chi connectivity index (χ1v) is 10.8. The summed E-state index contributed by atoms with van der Waals surface area (Å²) in [6, 6.07) is 6.80. The van der Waals surface area contributed by atoms with Crippen LogP contribution in [-0.4, -0.2) is 41.7 Å². The van der Waals surface area contributed by atoms with Gasteiger partial charge >= 0.3 is 6.03 Å². The Morgan fingerprint density at radius 2 is 1.94 bits per heavy atom. The number of halogens is 3. The molecular formula is C22H22F3N3O2S. The van der Waals surface area contributed by atoms with Gasteiger partial charge in [0.1, 0.15) is 28.2 Å². The van der Waals surface area contributed by atoms with Crippen molar-refractivity contribution in [3.8, 4) is 5.75 Å². The number of urea groups is 1. The number of carbonyl (C=O) groups excluding carboxylic acids is 1. The SMILES string of the molecule is CCC[C@H]1COc2ccc(F)cc2[C@]12SC(c1cc(F)ccc1F)=NN2C(=O)N(C)C. The Morgan fingerprint density at radius 3 is 2.65 bits per heavy atom. The van der Waals surface area contributed by atoms with Gasteiger partial charge < -0.3 is 9.64 Å². The zero-order valence-electron chi connectivity index (χ0n) is 17.4. The molecule has 2 amide bonds. The third kappa shape index (κ3) is 3.54. The van der Waals surface area contributed by atoms with Crippen LogP contribution in [0.5, 0.6) is 5.75 Å². The van der Waals surface area contributed by atoms with Crippen LogP contribution in [0.25, 0.3) is 0 Å². The van der Waals surface area contributed by atoms with E-state index in [2.05, 4.69) is 5.10 Å². The summed E-state index contributed by atoms with van der Waals surface area (Å²) in [5, 5.41) is 5.89. The van der Waals surface area contributed by atoms with Crippen LogP contribution in [-0.2, 0) is 4.87 Å². The number of amides is 2. The molecule has 164 valence electrons. The lowest BCUT2D eigenvalue weighted by Gasteiger charge is -2.45. The van der Waals surface area contributed by atoms with Gasteiger partial charge in [-0.05, 0) is 42.8 Å². The van der Waals surface area contributed by atoms with Crippen molar-refractivity contribution in [2.45, 2.75) is 24.6 Å². The van der Waals surface area contributed by atoms with Gasteiger partial charge in [-0.1, -0.05) is 25.1 Å². The molecule has 0 radical (unpaired) electrons. The van der Waals surface area contributed by atoms with Gasteiger partial charge in [0.15, 0.2) is 4.87 Å². The summed E-state index contributed by atoms with van der Waals surface area (Å²) in [5.74, 6) is -1.56. The molecule has 2 heterocycles. The second kappa shape index (κ2) is 8.11. The Morgan fingerprint density at radius 1 is 1.23 bits per heavy atom. The van der Waals surface area contributed by atoms with Crippen LogP contribution >= 0.6 is 11.8 Å². The fourth-order valence-corrected chi connectivity index (χ4v) is 5.52. The maximum Gasteiger partial charge on any atom is 0.341 e. The van der Waals surface area contributed by atoms with E-state index >= 15 is 0 Å². The monoisotopic (exact) mass is 449 g/mol. The highest BCUT2D eigenvalue weighted by atomic mass is 32.2. The lowest BCUT2D eigenvalue weighted by Crippen LogP contribution is -2.53. The molecule has 9 heteroatoms. The molecule has 31 heavy (non-hydrogen) atoms. The van der Waals surface area contributed by atoms with Crippen LogP contribution < -0.4 is 4.74 Å². The summed E-state index contributed by atoms with van der Waals surface area (Å²) in [7, 11) is 3.16. The number of fused-ring (bicyclic) bond motifs is 2. The van der Waals surface area contributed by atoms with E-state index in [0.29, 0.717) is 17.7 Å². The number of thioether (sulfide) groups is 1. The molecule has 0 N–H and O–H groups in total. The Bertz CT molecular complexity index is 1060. The highest BCUT2D eigenvalue weighted by molar-refractivity contribution is 8.15. The number of benzene rings is 2. The fraction of sp³-hybridized carbons (Fsp3) is 0.364. The van der Waals surface area contributed by atoms with Gasteiger partial charge in [0.2, 0.25) is 0 Å². The predicted molar refractivity (Wildman–Crippen MR) is 113 cm³/mol. The van der Waals surface area contributed by atoms with E-state index in [1.54, 1.807) is 14.1 Å². The van der Waals surface area contributed by atoms with Gasteiger partial charge in [0.25, 0.3) is 0 Å². The third-order valence-corrected chi connectivity index (χ3v) is 6.97. The molecule has 0 fully saturated rings. The first-order valence-electron chi connectivity index (χ1n) is 9.95. The standard InChI is InChI=1S/C22H22F3N3O2S/c1-4-5-13-12-30-19-9-7-15(24)11-17(19)22(13)28(21(29)27(2)3)26-20(31-22)16-10-14(23)6-8-18(16)25/h6-11,13H,4-5,12H2,1-3H3/t13-,22+/m0/s1. The Kier molecular flexibility index (Phi) is 5.63. The average molecular weight is 449 g/mol. The predicted octanol–water partition coefficient (Wildman–Crippen LogP) is 5.16. The molecular weight excluding hydrogens is 427 g/mol. The highest BCUT2D eigenvalue weighted by Crippen LogP contribution is 2.58. The lowest BCUT2D eigenvalue weighted by molar-refractivity contribution is 0.0659. The summed E-state index contributed by atoms with van der Waals surface area (Å²) < 4.78 is 48.8. The molecule has 0 aromatic heterocycles. The summed E-state index contributed by atoms with van der Waals surface area (Å²) >= 11 is 1.14. The first kappa shape index (κ1) is 21.5. The Balaban J connectivity index is 1.94. The maximum atomic E-state index is 14.6. The van der Waals surface area contributed by atoms with E-state index in [9.17, 15) is 18.0 Å². The molecule has 4 rings (SSSR count). The molecule has 2 aromatic rings. The van der Waals surface area contributed by atoms with Crippen LogP contribution in [0, 0.1) is 23.4 Å². The van der Waals surface area contributed by atoms with Gasteiger partial charge in [-0.15, -0.1) is 0 Å². The zero-order chi connectivity index (χ0) is 22.3. The van der Waals surface area contributed by atoms with Gasteiger partial charge in [-0.2, -0.15) is 10.1 Å². The molecule has 2 aliphatic rings. The van der Waals surface area contributed by atoms with E-state index < -0.39 is 28.4 Å². The molecule has 0 bridgehead atoms. The van der Waals surface area contributed by atoms with Gasteiger partial charge in [-0.3, -0.25) is 0 Å². The van der Waals surface area contributed by atoms with Gasteiger partial charge in [0.05, 0.1) is 6.61 Å². The second-order valence-electron chi connectivity index (χ2n) is 7.75. The van der Waals surface area contributed by atoms with Crippen LogP contribution in [0.15, 0.2) is 41.5 Å². The second-order valence-corrected chi connectivity index (χ2v) is 8.97. The third-order valence-electron chi connectivity index (χ3n) is 5.44. The maximum absolute atomic E-state index is 14.6. The quantitative estimate of drug-likeness (QED) is 0.651. The molecule has 0 saturated carbocycles. The topological polar surface area (TPSA) is 45.1 Å². The molecule has 2 aromatic carbocycles. The molecule has 0 aliphatic carbocycles. The van der Waals surface area contributed by atoms with E-state index in [4.69, 9.17) is 4.74 Å². The van der Waals surface area contributed by atoms with Crippen LogP contribution in [0.1, 0.15) is 30.9 Å². The van der Waals surface area contributed by atoms with Crippen molar-refractivity contribution in [1.82, 2.24) is 9.91 Å². The van der Waals surface area contributed by atoms with E-state index in [1.165, 1.54) is 28.1 Å². The number of carbonyl (C=O) groups is 1. The fourth-order valence-electron chi connectivity index (χ4n) is 4.00. The number of hydrogen-bond acceptors (Lipinski definition) is 4. The molecule has 2 atom stereocenters. The zero-order valence-corrected chi connectivity index (χ0v) is 18.2. The molecule has 5 nitrogen and oxygen atoms in total. The van der Waals surface area contributed by atoms with Crippen molar-refractivity contribution in [2.75, 3.05) is 20.7 Å². The molecule has 2 aliphatic heterocycles. The van der Waals surface area contributed by atoms with E-state index in [1.807, 2.05) is 6.92 Å². The van der Waals surface area contributed by atoms with E-state index in [-0.39, 0.29) is 23.1 Å². The number of ether oxygens (including phenoxy) is 1. The van der Waals surface area contributed by atoms with Crippen molar-refractivity contribution >= 4 is 22.8 Å². The minimum atomic E-state index is -1.15. The largest absolute Gasteiger partial charge is 0.493 e. The smallest absolute Gasteiger partial charge is 0.341 e. The van der Waals surface area contributed by atoms with Crippen LogP contribution in [0.2, 0.25) is 0 Å². The van der Waals surface area contributed by atoms with Crippen LogP contribution in [0.3, 0.4) is 0 Å². The number of hydrogen-bond donors (Lipinski definition) is 0. The Hall–Kier alpha value is -2.68. The normalized spacial score (nSPS) is 22.2. The summed E-state index contributed by atoms with van der Waals surface area (Å²) in [4.78, 5) is 13.4. The molecule has 1 spiro atoms. The van der Waals surface area contributed by atoms with Crippen molar-refractivity contribution in [1.29, 1.82) is 0 Å². The minimum absolute atomic E-state index is 0.0434. The molecule has 0 saturated heterocycles. The van der Waals surface area contributed by atoms with Crippen molar-refractivity contribution in [3.63, 3.8) is 0 Å². The highest BCUT2D eigenvalue weighted by Gasteiger charge is 2.57. The number of hydrazone groups is 1. The first-order chi connectivity index (χ1) is 14.8. The van der Waals surface area contributed by atoms with E-state index in [0.717, 1.165) is 36.4 Å². The minimum Gasteiger partial charge on any atom is -0.493 e. The Labute approximate surface area is 182 Å². The van der Waals surface area contributed by atoms with Gasteiger partial charge in [-0.25, -0.2) is 18.0 Å². The summed E-state index contributed by atoms with van der Waals surface area (Å²) in [5.41, 5.74) is 0.408. The van der Waals surface area contributed by atoms with Crippen molar-refractivity contribution < 1.29 is 22.7 Å². The lowest BCUT2D eigenvalue weighted by atomic mass is 9.86.